The van der Waals surface area contributed by atoms with Gasteiger partial charge in [0.2, 0.25) is 5.91 Å². The van der Waals surface area contributed by atoms with Crippen LogP contribution in [0.15, 0.2) is 18.2 Å². The van der Waals surface area contributed by atoms with E-state index in [4.69, 9.17) is 11.6 Å². The van der Waals surface area contributed by atoms with Crippen LogP contribution in [0.1, 0.15) is 43.2 Å². The van der Waals surface area contributed by atoms with Gasteiger partial charge in [-0.2, -0.15) is 0 Å². The Kier molecular flexibility index (Phi) is 6.07. The third-order valence-electron chi connectivity index (χ3n) is 4.29. The Bertz CT molecular complexity index is 484. The van der Waals surface area contributed by atoms with E-state index in [0.29, 0.717) is 25.4 Å². The summed E-state index contributed by atoms with van der Waals surface area (Å²) in [5, 5.41) is 9.94. The van der Waals surface area contributed by atoms with Crippen molar-refractivity contribution in [2.75, 3.05) is 13.2 Å². The predicted octanol–water partition coefficient (Wildman–Crippen LogP) is 3.34. The Balaban J connectivity index is 1.93. The summed E-state index contributed by atoms with van der Waals surface area (Å²) in [6, 6.07) is 6.28. The lowest BCUT2D eigenvalue weighted by Crippen LogP contribution is -2.40. The minimum Gasteiger partial charge on any atom is -0.395 e. The van der Waals surface area contributed by atoms with E-state index in [-0.39, 0.29) is 12.5 Å². The first-order valence-electron chi connectivity index (χ1n) is 7.77. The molecule has 1 aliphatic carbocycles. The van der Waals surface area contributed by atoms with Gasteiger partial charge in [0.1, 0.15) is 0 Å². The van der Waals surface area contributed by atoms with E-state index >= 15 is 0 Å². The zero-order chi connectivity index (χ0) is 15.2. The van der Waals surface area contributed by atoms with Crippen LogP contribution >= 0.6 is 11.6 Å². The van der Waals surface area contributed by atoms with Gasteiger partial charge >= 0.3 is 0 Å². The number of nitrogens with zero attached hydrogens (tertiary/aromatic N) is 1. The average molecular weight is 310 g/mol. The van der Waals surface area contributed by atoms with Crippen LogP contribution in [0.5, 0.6) is 0 Å². The summed E-state index contributed by atoms with van der Waals surface area (Å²) in [5.74, 6) is 0.146. The number of amides is 1. The lowest BCUT2D eigenvalue weighted by Gasteiger charge is -2.28. The Hall–Kier alpha value is -1.06. The van der Waals surface area contributed by atoms with Crippen molar-refractivity contribution in [2.24, 2.45) is 0 Å². The zero-order valence-electron chi connectivity index (χ0n) is 12.6. The van der Waals surface area contributed by atoms with E-state index < -0.39 is 0 Å². The number of aliphatic hydroxyl groups is 1. The SMILES string of the molecule is Cc1ccc(CCC(=O)N(CCO)C2CCCC2)cc1Cl. The molecule has 0 heterocycles. The first-order valence-corrected chi connectivity index (χ1v) is 8.15. The summed E-state index contributed by atoms with van der Waals surface area (Å²) in [4.78, 5) is 14.3. The van der Waals surface area contributed by atoms with E-state index in [9.17, 15) is 9.90 Å². The number of aliphatic hydroxyl groups excluding tert-OH is 1. The molecule has 1 saturated carbocycles. The van der Waals surface area contributed by atoms with Gasteiger partial charge in [0.05, 0.1) is 6.61 Å². The molecule has 0 atom stereocenters. The van der Waals surface area contributed by atoms with Crippen LogP contribution in [0.2, 0.25) is 5.02 Å². The minimum absolute atomic E-state index is 0.0403. The predicted molar refractivity (Wildman–Crippen MR) is 85.6 cm³/mol. The third-order valence-corrected chi connectivity index (χ3v) is 4.70. The number of aryl methyl sites for hydroxylation is 2. The van der Waals surface area contributed by atoms with Crippen LogP contribution in [0.4, 0.5) is 0 Å². The lowest BCUT2D eigenvalue weighted by molar-refractivity contribution is -0.134. The summed E-state index contributed by atoms with van der Waals surface area (Å²) in [6.07, 6.45) is 5.70. The minimum atomic E-state index is 0.0403. The molecule has 3 nitrogen and oxygen atoms in total. The van der Waals surface area contributed by atoms with Crippen LogP contribution in [-0.2, 0) is 11.2 Å². The number of hydrogen-bond acceptors (Lipinski definition) is 2. The highest BCUT2D eigenvalue weighted by Crippen LogP contribution is 2.24. The summed E-state index contributed by atoms with van der Waals surface area (Å²) in [6.45, 7) is 2.47. The molecule has 1 aromatic carbocycles. The Labute approximate surface area is 131 Å². The van der Waals surface area contributed by atoms with Gasteiger partial charge in [-0.15, -0.1) is 0 Å². The number of rotatable bonds is 6. The van der Waals surface area contributed by atoms with Crippen molar-refractivity contribution in [3.05, 3.63) is 34.3 Å². The summed E-state index contributed by atoms with van der Waals surface area (Å²) in [5.41, 5.74) is 2.15. The highest BCUT2D eigenvalue weighted by atomic mass is 35.5. The third kappa shape index (κ3) is 4.45. The van der Waals surface area contributed by atoms with E-state index in [1.807, 2.05) is 30.0 Å². The number of hydrogen-bond donors (Lipinski definition) is 1. The maximum Gasteiger partial charge on any atom is 0.223 e. The first-order chi connectivity index (χ1) is 10.1. The standard InChI is InChI=1S/C17H24ClNO2/c1-13-6-7-14(12-16(13)18)8-9-17(21)19(10-11-20)15-4-2-3-5-15/h6-7,12,15,20H,2-5,8-11H2,1H3. The maximum atomic E-state index is 12.4. The fourth-order valence-corrected chi connectivity index (χ4v) is 3.22. The topological polar surface area (TPSA) is 40.5 Å². The molecule has 0 radical (unpaired) electrons. The van der Waals surface area contributed by atoms with Crippen molar-refractivity contribution >= 4 is 17.5 Å². The number of carbonyl (C=O) groups is 1. The van der Waals surface area contributed by atoms with Crippen molar-refractivity contribution in [3.8, 4) is 0 Å². The zero-order valence-corrected chi connectivity index (χ0v) is 13.4. The molecule has 1 aromatic rings. The second-order valence-corrected chi connectivity index (χ2v) is 6.24. The number of halogens is 1. The highest BCUT2D eigenvalue weighted by molar-refractivity contribution is 6.31. The molecule has 1 fully saturated rings. The van der Waals surface area contributed by atoms with E-state index in [2.05, 4.69) is 0 Å². The molecule has 0 saturated heterocycles. The summed E-state index contributed by atoms with van der Waals surface area (Å²) < 4.78 is 0. The van der Waals surface area contributed by atoms with Crippen molar-refractivity contribution in [1.82, 2.24) is 4.90 Å². The average Bonchev–Trinajstić information content (AvgIpc) is 2.99. The Morgan fingerprint density at radius 2 is 2.10 bits per heavy atom. The van der Waals surface area contributed by atoms with Crippen LogP contribution in [-0.4, -0.2) is 35.1 Å². The molecule has 1 N–H and O–H groups in total. The van der Waals surface area contributed by atoms with Crippen LogP contribution < -0.4 is 0 Å². The quantitative estimate of drug-likeness (QED) is 0.875. The van der Waals surface area contributed by atoms with Crippen molar-refractivity contribution in [2.45, 2.75) is 51.5 Å². The van der Waals surface area contributed by atoms with Gasteiger partial charge in [0, 0.05) is 24.0 Å². The fourth-order valence-electron chi connectivity index (χ4n) is 3.02. The molecular formula is C17H24ClNO2. The van der Waals surface area contributed by atoms with Gasteiger partial charge in [-0.3, -0.25) is 4.79 Å². The van der Waals surface area contributed by atoms with Gasteiger partial charge in [0.25, 0.3) is 0 Å². The molecule has 4 heteroatoms. The highest BCUT2D eigenvalue weighted by Gasteiger charge is 2.25. The van der Waals surface area contributed by atoms with Gasteiger partial charge in [-0.05, 0) is 43.4 Å². The molecule has 1 amide bonds. The summed E-state index contributed by atoms with van der Waals surface area (Å²) >= 11 is 6.12. The first kappa shape index (κ1) is 16.3. The van der Waals surface area contributed by atoms with E-state index in [1.54, 1.807) is 0 Å². The summed E-state index contributed by atoms with van der Waals surface area (Å²) in [7, 11) is 0. The molecule has 0 bridgehead atoms. The number of benzene rings is 1. The molecule has 116 valence electrons. The van der Waals surface area contributed by atoms with Gasteiger partial charge in [0.15, 0.2) is 0 Å². The normalized spacial score (nSPS) is 15.4. The molecule has 0 aliphatic heterocycles. The molecule has 1 aliphatic rings. The van der Waals surface area contributed by atoms with Crippen molar-refractivity contribution in [1.29, 1.82) is 0 Å². The number of carbonyl (C=O) groups excluding carboxylic acids is 1. The maximum absolute atomic E-state index is 12.4. The largest absolute Gasteiger partial charge is 0.395 e. The van der Waals surface area contributed by atoms with Gasteiger partial charge < -0.3 is 10.0 Å². The van der Waals surface area contributed by atoms with Crippen LogP contribution in [0.3, 0.4) is 0 Å². The van der Waals surface area contributed by atoms with Crippen LogP contribution in [0, 0.1) is 6.92 Å². The van der Waals surface area contributed by atoms with E-state index in [1.165, 1.54) is 12.8 Å². The molecule has 21 heavy (non-hydrogen) atoms. The van der Waals surface area contributed by atoms with E-state index in [0.717, 1.165) is 29.0 Å². The molecule has 0 aromatic heterocycles. The fraction of sp³-hybridized carbons (Fsp3) is 0.588. The lowest BCUT2D eigenvalue weighted by atomic mass is 10.1. The van der Waals surface area contributed by atoms with Crippen molar-refractivity contribution in [3.63, 3.8) is 0 Å². The molecule has 0 unspecified atom stereocenters. The molecule has 0 spiro atoms. The Morgan fingerprint density at radius 1 is 1.38 bits per heavy atom. The second kappa shape index (κ2) is 7.81. The van der Waals surface area contributed by atoms with Gasteiger partial charge in [-0.1, -0.05) is 36.6 Å². The smallest absolute Gasteiger partial charge is 0.223 e. The monoisotopic (exact) mass is 309 g/mol. The van der Waals surface area contributed by atoms with Crippen LogP contribution in [0.25, 0.3) is 0 Å². The van der Waals surface area contributed by atoms with Gasteiger partial charge in [-0.25, -0.2) is 0 Å². The molecule has 2 rings (SSSR count). The molecular weight excluding hydrogens is 286 g/mol. The van der Waals surface area contributed by atoms with Crippen molar-refractivity contribution < 1.29 is 9.90 Å². The second-order valence-electron chi connectivity index (χ2n) is 5.83. The Morgan fingerprint density at radius 3 is 2.71 bits per heavy atom.